The van der Waals surface area contributed by atoms with Crippen LogP contribution in [0.3, 0.4) is 0 Å². The van der Waals surface area contributed by atoms with Gasteiger partial charge >= 0.3 is 0 Å². The number of ether oxygens (including phenoxy) is 1. The summed E-state index contributed by atoms with van der Waals surface area (Å²) in [7, 11) is 0. The zero-order valence-electron chi connectivity index (χ0n) is 12.2. The van der Waals surface area contributed by atoms with Gasteiger partial charge in [-0.05, 0) is 31.7 Å². The van der Waals surface area contributed by atoms with Gasteiger partial charge in [0.25, 0.3) is 0 Å². The predicted octanol–water partition coefficient (Wildman–Crippen LogP) is 3.71. The minimum Gasteiger partial charge on any atom is -0.380 e. The van der Waals surface area contributed by atoms with E-state index >= 15 is 0 Å². The molecule has 2 heteroatoms. The van der Waals surface area contributed by atoms with Gasteiger partial charge in [-0.25, -0.2) is 0 Å². The van der Waals surface area contributed by atoms with Crippen LogP contribution in [0.15, 0.2) is 24.3 Å². The second-order valence-corrected chi connectivity index (χ2v) is 5.38. The number of aryl methyl sites for hydroxylation is 1. The van der Waals surface area contributed by atoms with Crippen molar-refractivity contribution in [2.75, 3.05) is 19.8 Å². The van der Waals surface area contributed by atoms with Crippen LogP contribution in [0.1, 0.15) is 44.4 Å². The molecule has 1 aromatic carbocycles. The summed E-state index contributed by atoms with van der Waals surface area (Å²) in [5, 5.41) is 3.49. The summed E-state index contributed by atoms with van der Waals surface area (Å²) in [6.45, 7) is 11.4. The number of benzene rings is 1. The second-order valence-electron chi connectivity index (χ2n) is 5.38. The lowest BCUT2D eigenvalue weighted by Gasteiger charge is -2.15. The monoisotopic (exact) mass is 249 g/mol. The average Bonchev–Trinajstić information content (AvgIpc) is 2.33. The molecule has 0 fully saturated rings. The minimum atomic E-state index is 0.388. The van der Waals surface area contributed by atoms with Gasteiger partial charge in [-0.3, -0.25) is 0 Å². The van der Waals surface area contributed by atoms with Crippen molar-refractivity contribution >= 4 is 0 Å². The van der Waals surface area contributed by atoms with E-state index in [1.54, 1.807) is 0 Å². The van der Waals surface area contributed by atoms with Gasteiger partial charge in [0.1, 0.15) is 0 Å². The molecule has 102 valence electrons. The predicted molar refractivity (Wildman–Crippen MR) is 77.9 cm³/mol. The van der Waals surface area contributed by atoms with Crippen LogP contribution in [0.5, 0.6) is 0 Å². The molecular formula is C16H27NO. The highest BCUT2D eigenvalue weighted by Gasteiger charge is 2.03. The summed E-state index contributed by atoms with van der Waals surface area (Å²) in [6.07, 6.45) is 1.15. The smallest absolute Gasteiger partial charge is 0.0591 e. The van der Waals surface area contributed by atoms with E-state index < -0.39 is 0 Å². The molecule has 18 heavy (non-hydrogen) atoms. The molecule has 0 heterocycles. The zero-order valence-corrected chi connectivity index (χ0v) is 12.2. The van der Waals surface area contributed by atoms with Gasteiger partial charge < -0.3 is 10.1 Å². The van der Waals surface area contributed by atoms with Crippen molar-refractivity contribution in [1.29, 1.82) is 0 Å². The molecule has 0 radical (unpaired) electrons. The molecule has 0 aliphatic heterocycles. The van der Waals surface area contributed by atoms with Crippen molar-refractivity contribution in [2.45, 2.75) is 40.2 Å². The maximum Gasteiger partial charge on any atom is 0.0591 e. The summed E-state index contributed by atoms with van der Waals surface area (Å²) in [5.41, 5.74) is 2.66. The lowest BCUT2D eigenvalue weighted by molar-refractivity contribution is 0.123. The Balaban J connectivity index is 2.15. The second kappa shape index (κ2) is 8.28. The van der Waals surface area contributed by atoms with Crippen LogP contribution in [-0.4, -0.2) is 19.8 Å². The summed E-state index contributed by atoms with van der Waals surface area (Å²) >= 11 is 0. The van der Waals surface area contributed by atoms with Crippen LogP contribution in [-0.2, 0) is 4.74 Å². The molecule has 0 aliphatic rings. The highest BCUT2D eigenvalue weighted by molar-refractivity contribution is 5.24. The van der Waals surface area contributed by atoms with Gasteiger partial charge in [0.05, 0.1) is 6.61 Å². The van der Waals surface area contributed by atoms with E-state index in [0.29, 0.717) is 6.04 Å². The molecular weight excluding hydrogens is 222 g/mol. The lowest BCUT2D eigenvalue weighted by atomic mass is 10.1. The van der Waals surface area contributed by atoms with Crippen LogP contribution in [0.25, 0.3) is 0 Å². The summed E-state index contributed by atoms with van der Waals surface area (Å²) < 4.78 is 5.59. The topological polar surface area (TPSA) is 21.3 Å². The fourth-order valence-corrected chi connectivity index (χ4v) is 1.83. The van der Waals surface area contributed by atoms with E-state index in [4.69, 9.17) is 4.74 Å². The first-order chi connectivity index (χ1) is 8.59. The molecule has 1 N–H and O–H groups in total. The largest absolute Gasteiger partial charge is 0.380 e. The van der Waals surface area contributed by atoms with Crippen molar-refractivity contribution in [3.05, 3.63) is 35.4 Å². The van der Waals surface area contributed by atoms with Gasteiger partial charge in [0.2, 0.25) is 0 Å². The van der Waals surface area contributed by atoms with Crippen molar-refractivity contribution in [1.82, 2.24) is 5.32 Å². The van der Waals surface area contributed by atoms with Crippen LogP contribution >= 0.6 is 0 Å². The van der Waals surface area contributed by atoms with Crippen LogP contribution in [0.2, 0.25) is 0 Å². The first-order valence-electron chi connectivity index (χ1n) is 6.97. The number of rotatable bonds is 8. The average molecular weight is 249 g/mol. The molecule has 0 aliphatic carbocycles. The summed E-state index contributed by atoms with van der Waals surface area (Å²) in [6, 6.07) is 9.04. The molecule has 1 aromatic rings. The molecule has 1 rings (SSSR count). The molecule has 2 nitrogen and oxygen atoms in total. The third-order valence-corrected chi connectivity index (χ3v) is 3.08. The molecule has 0 saturated heterocycles. The van der Waals surface area contributed by atoms with E-state index in [0.717, 1.165) is 32.1 Å². The Morgan fingerprint density at radius 3 is 2.61 bits per heavy atom. The standard InChI is InChI=1S/C16H27NO/c1-13(2)8-10-18-11-9-17-15(4)16-7-5-6-14(3)12-16/h5-7,12-13,15,17H,8-11H2,1-4H3/t15-/m1/s1. The highest BCUT2D eigenvalue weighted by Crippen LogP contribution is 2.13. The number of nitrogens with one attached hydrogen (secondary N) is 1. The first kappa shape index (κ1) is 15.2. The minimum absolute atomic E-state index is 0.388. The van der Waals surface area contributed by atoms with E-state index in [-0.39, 0.29) is 0 Å². The Hall–Kier alpha value is -0.860. The molecule has 1 atom stereocenters. The fraction of sp³-hybridized carbons (Fsp3) is 0.625. The third-order valence-electron chi connectivity index (χ3n) is 3.08. The fourth-order valence-electron chi connectivity index (χ4n) is 1.83. The normalized spacial score (nSPS) is 12.9. The van der Waals surface area contributed by atoms with E-state index in [1.165, 1.54) is 11.1 Å². The zero-order chi connectivity index (χ0) is 13.4. The molecule has 0 saturated carbocycles. The van der Waals surface area contributed by atoms with Crippen molar-refractivity contribution in [3.8, 4) is 0 Å². The van der Waals surface area contributed by atoms with Crippen LogP contribution in [0.4, 0.5) is 0 Å². The van der Waals surface area contributed by atoms with Gasteiger partial charge in [-0.15, -0.1) is 0 Å². The third kappa shape index (κ3) is 6.18. The van der Waals surface area contributed by atoms with E-state index in [1.807, 2.05) is 0 Å². The van der Waals surface area contributed by atoms with Gasteiger partial charge in [0, 0.05) is 19.2 Å². The highest BCUT2D eigenvalue weighted by atomic mass is 16.5. The van der Waals surface area contributed by atoms with Crippen molar-refractivity contribution < 1.29 is 4.74 Å². The van der Waals surface area contributed by atoms with Gasteiger partial charge in [-0.2, -0.15) is 0 Å². The Morgan fingerprint density at radius 1 is 1.17 bits per heavy atom. The Bertz CT molecular complexity index is 336. The van der Waals surface area contributed by atoms with Crippen molar-refractivity contribution in [3.63, 3.8) is 0 Å². The van der Waals surface area contributed by atoms with Crippen LogP contribution in [0, 0.1) is 12.8 Å². The van der Waals surface area contributed by atoms with E-state index in [9.17, 15) is 0 Å². The molecule has 0 spiro atoms. The molecule has 0 unspecified atom stereocenters. The maximum atomic E-state index is 5.59. The Labute approximate surface area is 112 Å². The maximum absolute atomic E-state index is 5.59. The first-order valence-corrected chi connectivity index (χ1v) is 6.97. The van der Waals surface area contributed by atoms with E-state index in [2.05, 4.69) is 57.3 Å². The summed E-state index contributed by atoms with van der Waals surface area (Å²) in [4.78, 5) is 0. The van der Waals surface area contributed by atoms with Crippen LogP contribution < -0.4 is 5.32 Å². The van der Waals surface area contributed by atoms with Gasteiger partial charge in [-0.1, -0.05) is 43.7 Å². The van der Waals surface area contributed by atoms with Gasteiger partial charge in [0.15, 0.2) is 0 Å². The number of hydrogen-bond donors (Lipinski definition) is 1. The molecule has 0 amide bonds. The lowest BCUT2D eigenvalue weighted by Crippen LogP contribution is -2.23. The molecule has 0 aromatic heterocycles. The molecule has 0 bridgehead atoms. The summed E-state index contributed by atoms with van der Waals surface area (Å²) in [5.74, 6) is 0.726. The Morgan fingerprint density at radius 2 is 1.94 bits per heavy atom. The number of hydrogen-bond acceptors (Lipinski definition) is 2. The quantitative estimate of drug-likeness (QED) is 0.709. The SMILES string of the molecule is Cc1cccc([C@@H](C)NCCOCCC(C)C)c1. The Kier molecular flexibility index (Phi) is 6.99. The van der Waals surface area contributed by atoms with Crippen molar-refractivity contribution in [2.24, 2.45) is 5.92 Å².